The Morgan fingerprint density at radius 1 is 1.03 bits per heavy atom. The lowest BCUT2D eigenvalue weighted by Gasteiger charge is -2.29. The molecule has 0 aliphatic carbocycles. The zero-order valence-corrected chi connectivity index (χ0v) is 21.4. The summed E-state index contributed by atoms with van der Waals surface area (Å²) in [6, 6.07) is 13.3. The lowest BCUT2D eigenvalue weighted by atomic mass is 9.95. The number of Topliss-reactive ketones (excluding diaryl/α,β-unsaturated/α-hetero) is 1. The highest BCUT2D eigenvalue weighted by Gasteiger charge is 2.45. The molecule has 2 aromatic carbocycles. The molecule has 2 fully saturated rings. The Bertz CT molecular complexity index is 1080. The number of aliphatic hydroxyl groups is 1. The van der Waals surface area contributed by atoms with Crippen LogP contribution in [0.4, 0.5) is 0 Å². The van der Waals surface area contributed by atoms with Crippen LogP contribution in [-0.4, -0.2) is 72.6 Å². The van der Waals surface area contributed by atoms with E-state index in [0.717, 1.165) is 43.8 Å². The molecule has 192 valence electrons. The third-order valence-corrected chi connectivity index (χ3v) is 6.85. The van der Waals surface area contributed by atoms with Gasteiger partial charge in [-0.25, -0.2) is 0 Å². The first-order chi connectivity index (χ1) is 17.5. The number of aliphatic hydroxyl groups excluding tert-OH is 1. The van der Waals surface area contributed by atoms with Gasteiger partial charge in [0, 0.05) is 36.8 Å². The molecule has 2 aromatic rings. The van der Waals surface area contributed by atoms with Crippen LogP contribution < -0.4 is 4.74 Å². The van der Waals surface area contributed by atoms with E-state index in [4.69, 9.17) is 21.1 Å². The fourth-order valence-electron chi connectivity index (χ4n) is 4.59. The van der Waals surface area contributed by atoms with Crippen LogP contribution in [-0.2, 0) is 14.3 Å². The molecule has 0 bridgehead atoms. The summed E-state index contributed by atoms with van der Waals surface area (Å²) in [6.45, 7) is 7.08. The van der Waals surface area contributed by atoms with Gasteiger partial charge in [-0.15, -0.1) is 0 Å². The Kier molecular flexibility index (Phi) is 9.02. The minimum Gasteiger partial charge on any atom is -0.507 e. The Hall–Kier alpha value is -2.87. The molecule has 0 radical (unpaired) electrons. The molecular weight excluding hydrogens is 480 g/mol. The van der Waals surface area contributed by atoms with Crippen molar-refractivity contribution in [2.24, 2.45) is 0 Å². The zero-order valence-electron chi connectivity index (χ0n) is 20.6. The summed E-state index contributed by atoms with van der Waals surface area (Å²) in [4.78, 5) is 30.2. The van der Waals surface area contributed by atoms with Crippen molar-refractivity contribution in [2.75, 3.05) is 46.0 Å². The normalized spacial score (nSPS) is 20.2. The average molecular weight is 513 g/mol. The van der Waals surface area contributed by atoms with E-state index < -0.39 is 17.7 Å². The van der Waals surface area contributed by atoms with Gasteiger partial charge in [0.2, 0.25) is 0 Å². The van der Waals surface area contributed by atoms with Crippen molar-refractivity contribution in [2.45, 2.75) is 32.2 Å². The zero-order chi connectivity index (χ0) is 25.5. The Labute approximate surface area is 217 Å². The number of amides is 1. The number of nitrogens with zero attached hydrogens (tertiary/aromatic N) is 2. The average Bonchev–Trinajstić information content (AvgIpc) is 3.15. The molecule has 2 aliphatic rings. The summed E-state index contributed by atoms with van der Waals surface area (Å²) in [5.74, 6) is -0.744. The number of hydrogen-bond acceptors (Lipinski definition) is 6. The Morgan fingerprint density at radius 3 is 2.39 bits per heavy atom. The van der Waals surface area contributed by atoms with E-state index >= 15 is 0 Å². The molecule has 2 heterocycles. The van der Waals surface area contributed by atoms with Gasteiger partial charge in [-0.2, -0.15) is 0 Å². The summed E-state index contributed by atoms with van der Waals surface area (Å²) in [7, 11) is 0. The van der Waals surface area contributed by atoms with Gasteiger partial charge in [0.15, 0.2) is 0 Å². The van der Waals surface area contributed by atoms with Crippen molar-refractivity contribution in [1.82, 2.24) is 9.80 Å². The van der Waals surface area contributed by atoms with Gasteiger partial charge in [-0.05, 0) is 54.8 Å². The van der Waals surface area contributed by atoms with Gasteiger partial charge in [0.25, 0.3) is 11.7 Å². The van der Waals surface area contributed by atoms with Crippen LogP contribution in [0, 0.1) is 0 Å². The predicted molar refractivity (Wildman–Crippen MR) is 139 cm³/mol. The molecule has 1 amide bonds. The molecule has 1 N–H and O–H groups in total. The molecule has 8 heteroatoms. The molecule has 7 nitrogen and oxygen atoms in total. The van der Waals surface area contributed by atoms with Crippen molar-refractivity contribution in [1.29, 1.82) is 0 Å². The monoisotopic (exact) mass is 512 g/mol. The largest absolute Gasteiger partial charge is 0.507 e. The topological polar surface area (TPSA) is 79.3 Å². The number of likely N-dealkylation sites (tertiary alicyclic amines) is 1. The van der Waals surface area contributed by atoms with Gasteiger partial charge in [0.1, 0.15) is 11.5 Å². The van der Waals surface area contributed by atoms with Crippen molar-refractivity contribution in [3.05, 3.63) is 70.3 Å². The summed E-state index contributed by atoms with van der Waals surface area (Å²) < 4.78 is 11.2. The van der Waals surface area contributed by atoms with Crippen molar-refractivity contribution >= 4 is 29.1 Å². The lowest BCUT2D eigenvalue weighted by molar-refractivity contribution is -0.140. The molecular formula is C28H33ClN2O5. The van der Waals surface area contributed by atoms with Gasteiger partial charge < -0.3 is 19.5 Å². The van der Waals surface area contributed by atoms with Gasteiger partial charge in [0.05, 0.1) is 31.4 Å². The van der Waals surface area contributed by atoms with E-state index in [9.17, 15) is 14.7 Å². The second-order valence-corrected chi connectivity index (χ2v) is 9.51. The quantitative estimate of drug-likeness (QED) is 0.216. The van der Waals surface area contributed by atoms with E-state index in [1.165, 1.54) is 0 Å². The van der Waals surface area contributed by atoms with Crippen LogP contribution in [0.15, 0.2) is 54.1 Å². The molecule has 0 aromatic heterocycles. The van der Waals surface area contributed by atoms with Crippen LogP contribution in [0.25, 0.3) is 5.76 Å². The summed E-state index contributed by atoms with van der Waals surface area (Å²) in [6.07, 6.45) is 2.72. The molecule has 0 spiro atoms. The van der Waals surface area contributed by atoms with Crippen LogP contribution in [0.1, 0.15) is 43.4 Å². The fourth-order valence-corrected chi connectivity index (χ4v) is 4.72. The Balaban J connectivity index is 1.62. The molecule has 4 rings (SSSR count). The van der Waals surface area contributed by atoms with Crippen molar-refractivity contribution in [3.63, 3.8) is 0 Å². The number of carbonyl (C=O) groups is 2. The molecule has 1 unspecified atom stereocenters. The summed E-state index contributed by atoms with van der Waals surface area (Å²) >= 11 is 6.01. The molecule has 2 saturated heterocycles. The molecule has 2 aliphatic heterocycles. The standard InChI is InChI=1S/C28H33ClN2O5/c1-2-3-17-36-23-11-7-20(8-12-23)25-24(26(32)21-5-9-22(29)10-6-21)27(33)28(34)31(25)14-4-13-30-15-18-35-19-16-30/h5-12,25,32H,2-4,13-19H2,1H3. The number of morpholine rings is 1. The maximum Gasteiger partial charge on any atom is 0.295 e. The minimum atomic E-state index is -0.685. The van der Waals surface area contributed by atoms with Gasteiger partial charge in [-0.1, -0.05) is 37.1 Å². The second-order valence-electron chi connectivity index (χ2n) is 9.08. The Morgan fingerprint density at radius 2 is 1.72 bits per heavy atom. The van der Waals surface area contributed by atoms with Crippen molar-refractivity contribution in [3.8, 4) is 5.75 Å². The highest BCUT2D eigenvalue weighted by atomic mass is 35.5. The van der Waals surface area contributed by atoms with Crippen LogP contribution >= 0.6 is 11.6 Å². The van der Waals surface area contributed by atoms with Crippen LogP contribution in [0.2, 0.25) is 5.02 Å². The highest BCUT2D eigenvalue weighted by molar-refractivity contribution is 6.46. The third-order valence-electron chi connectivity index (χ3n) is 6.60. The summed E-state index contributed by atoms with van der Waals surface area (Å²) in [5.41, 5.74) is 1.28. The highest BCUT2D eigenvalue weighted by Crippen LogP contribution is 2.40. The van der Waals surface area contributed by atoms with E-state index in [0.29, 0.717) is 43.4 Å². The van der Waals surface area contributed by atoms with Gasteiger partial charge >= 0.3 is 0 Å². The maximum atomic E-state index is 13.2. The molecule has 1 atom stereocenters. The third kappa shape index (κ3) is 6.09. The lowest BCUT2D eigenvalue weighted by Crippen LogP contribution is -2.38. The number of halogens is 1. The number of benzene rings is 2. The van der Waals surface area contributed by atoms with Gasteiger partial charge in [-0.3, -0.25) is 14.5 Å². The minimum absolute atomic E-state index is 0.0911. The number of unbranched alkanes of at least 4 members (excludes halogenated alkanes) is 1. The maximum absolute atomic E-state index is 13.2. The van der Waals surface area contributed by atoms with E-state index in [-0.39, 0.29) is 11.3 Å². The van der Waals surface area contributed by atoms with Crippen LogP contribution in [0.5, 0.6) is 5.75 Å². The number of hydrogen-bond donors (Lipinski definition) is 1. The molecule has 0 saturated carbocycles. The number of rotatable bonds is 10. The first-order valence-corrected chi connectivity index (χ1v) is 12.9. The SMILES string of the molecule is CCCCOc1ccc(C2C(=C(O)c3ccc(Cl)cc3)C(=O)C(=O)N2CCCN2CCOCC2)cc1. The van der Waals surface area contributed by atoms with E-state index in [2.05, 4.69) is 11.8 Å². The van der Waals surface area contributed by atoms with E-state index in [1.54, 1.807) is 29.2 Å². The van der Waals surface area contributed by atoms with Crippen molar-refractivity contribution < 1.29 is 24.2 Å². The number of carbonyl (C=O) groups excluding carboxylic acids is 2. The fraction of sp³-hybridized carbons (Fsp3) is 0.429. The smallest absolute Gasteiger partial charge is 0.295 e. The van der Waals surface area contributed by atoms with Crippen LogP contribution in [0.3, 0.4) is 0 Å². The number of ether oxygens (including phenoxy) is 2. The second kappa shape index (κ2) is 12.4. The predicted octanol–water partition coefficient (Wildman–Crippen LogP) is 4.66. The summed E-state index contributed by atoms with van der Waals surface area (Å²) in [5, 5.41) is 11.7. The van der Waals surface area contributed by atoms with E-state index in [1.807, 2.05) is 24.3 Å². The molecule has 36 heavy (non-hydrogen) atoms. The first-order valence-electron chi connectivity index (χ1n) is 12.6. The first kappa shape index (κ1) is 26.2. The number of ketones is 1.